The SMILES string of the molecule is Cl.Cl.Oc1c([C@@H](CC2CC2)N2CCNCC2)ccc(Cl)c1Br. The second-order valence-corrected chi connectivity index (χ2v) is 6.98. The molecule has 3 nitrogen and oxygen atoms in total. The van der Waals surface area contributed by atoms with Crippen LogP contribution in [0.1, 0.15) is 30.9 Å². The Morgan fingerprint density at radius 2 is 1.91 bits per heavy atom. The molecule has 2 aliphatic rings. The number of phenolic OH excluding ortho intramolecular Hbond substituents is 1. The summed E-state index contributed by atoms with van der Waals surface area (Å²) in [4.78, 5) is 2.49. The van der Waals surface area contributed by atoms with Crippen molar-refractivity contribution < 1.29 is 5.11 Å². The molecule has 1 aliphatic heterocycles. The monoisotopic (exact) mass is 430 g/mol. The summed E-state index contributed by atoms with van der Waals surface area (Å²) in [5, 5.41) is 14.4. The summed E-state index contributed by atoms with van der Waals surface area (Å²) in [6.45, 7) is 4.13. The van der Waals surface area contributed by atoms with Crippen LogP contribution < -0.4 is 5.32 Å². The number of benzene rings is 1. The Bertz CT molecular complexity index is 494. The van der Waals surface area contributed by atoms with Crippen molar-refractivity contribution in [2.75, 3.05) is 26.2 Å². The normalized spacial score (nSPS) is 19.9. The van der Waals surface area contributed by atoms with Crippen LogP contribution in [0.3, 0.4) is 0 Å². The lowest BCUT2D eigenvalue weighted by atomic mass is 9.98. The molecule has 0 spiro atoms. The van der Waals surface area contributed by atoms with E-state index in [4.69, 9.17) is 11.6 Å². The third-order valence-electron chi connectivity index (χ3n) is 4.31. The maximum Gasteiger partial charge on any atom is 0.136 e. The molecular formula is C15H22BrCl3N2O. The summed E-state index contributed by atoms with van der Waals surface area (Å²) in [5.41, 5.74) is 1.01. The molecule has 0 bridgehead atoms. The van der Waals surface area contributed by atoms with Crippen LogP contribution in [-0.4, -0.2) is 36.2 Å². The van der Waals surface area contributed by atoms with Crippen molar-refractivity contribution in [2.24, 2.45) is 5.92 Å². The summed E-state index contributed by atoms with van der Waals surface area (Å²) in [6.07, 6.45) is 3.80. The van der Waals surface area contributed by atoms with Gasteiger partial charge in [0.1, 0.15) is 5.75 Å². The van der Waals surface area contributed by atoms with Crippen LogP contribution in [-0.2, 0) is 0 Å². The van der Waals surface area contributed by atoms with Gasteiger partial charge in [-0.25, -0.2) is 0 Å². The minimum absolute atomic E-state index is 0. The van der Waals surface area contributed by atoms with Gasteiger partial charge in [-0.3, -0.25) is 4.90 Å². The third-order valence-corrected chi connectivity index (χ3v) is 5.65. The fourth-order valence-corrected chi connectivity index (χ4v) is 3.47. The second kappa shape index (κ2) is 8.95. The molecule has 1 saturated carbocycles. The summed E-state index contributed by atoms with van der Waals surface area (Å²) in [5.74, 6) is 1.13. The molecule has 1 aliphatic carbocycles. The van der Waals surface area contributed by atoms with E-state index in [0.29, 0.717) is 21.3 Å². The van der Waals surface area contributed by atoms with Gasteiger partial charge in [0.25, 0.3) is 0 Å². The quantitative estimate of drug-likeness (QED) is 0.740. The molecule has 2 fully saturated rings. The number of rotatable bonds is 4. The largest absolute Gasteiger partial charge is 0.506 e. The molecule has 0 radical (unpaired) electrons. The van der Waals surface area contributed by atoms with E-state index in [9.17, 15) is 5.11 Å². The molecule has 3 rings (SSSR count). The highest BCUT2D eigenvalue weighted by Crippen LogP contribution is 2.45. The number of hydrogen-bond donors (Lipinski definition) is 2. The maximum atomic E-state index is 10.4. The average Bonchev–Trinajstić information content (AvgIpc) is 3.28. The van der Waals surface area contributed by atoms with E-state index in [1.165, 1.54) is 12.8 Å². The summed E-state index contributed by atoms with van der Waals surface area (Å²) < 4.78 is 0.618. The van der Waals surface area contributed by atoms with E-state index >= 15 is 0 Å². The predicted molar refractivity (Wildman–Crippen MR) is 99.8 cm³/mol. The molecule has 7 heteroatoms. The number of aromatic hydroxyl groups is 1. The molecule has 0 unspecified atom stereocenters. The van der Waals surface area contributed by atoms with Crippen molar-refractivity contribution >= 4 is 52.3 Å². The minimum Gasteiger partial charge on any atom is -0.506 e. The van der Waals surface area contributed by atoms with Crippen molar-refractivity contribution in [1.82, 2.24) is 10.2 Å². The van der Waals surface area contributed by atoms with Crippen LogP contribution >= 0.6 is 52.3 Å². The van der Waals surface area contributed by atoms with Gasteiger partial charge in [0.2, 0.25) is 0 Å². The summed E-state index contributed by atoms with van der Waals surface area (Å²) in [7, 11) is 0. The zero-order valence-electron chi connectivity index (χ0n) is 12.2. The van der Waals surface area contributed by atoms with Gasteiger partial charge in [-0.2, -0.15) is 0 Å². The van der Waals surface area contributed by atoms with Crippen molar-refractivity contribution in [1.29, 1.82) is 0 Å². The molecule has 0 amide bonds. The predicted octanol–water partition coefficient (Wildman–Crippen LogP) is 4.40. The van der Waals surface area contributed by atoms with Gasteiger partial charge in [0.05, 0.1) is 9.50 Å². The molecule has 0 aromatic heterocycles. The van der Waals surface area contributed by atoms with Crippen molar-refractivity contribution in [3.63, 3.8) is 0 Å². The van der Waals surface area contributed by atoms with Crippen molar-refractivity contribution in [3.05, 3.63) is 27.2 Å². The van der Waals surface area contributed by atoms with Crippen LogP contribution in [0.15, 0.2) is 16.6 Å². The fraction of sp³-hybridized carbons (Fsp3) is 0.600. The van der Waals surface area contributed by atoms with Crippen molar-refractivity contribution in [3.8, 4) is 5.75 Å². The van der Waals surface area contributed by atoms with Gasteiger partial charge in [0.15, 0.2) is 0 Å². The highest BCUT2D eigenvalue weighted by molar-refractivity contribution is 9.10. The summed E-state index contributed by atoms with van der Waals surface area (Å²) >= 11 is 9.46. The smallest absolute Gasteiger partial charge is 0.136 e. The Kier molecular flexibility index (Phi) is 8.27. The van der Waals surface area contributed by atoms with E-state index < -0.39 is 0 Å². The van der Waals surface area contributed by atoms with Gasteiger partial charge in [-0.15, -0.1) is 24.8 Å². The number of halogens is 4. The van der Waals surface area contributed by atoms with E-state index in [2.05, 4.69) is 26.1 Å². The van der Waals surface area contributed by atoms with Crippen molar-refractivity contribution in [2.45, 2.75) is 25.3 Å². The lowest BCUT2D eigenvalue weighted by Gasteiger charge is -2.35. The molecule has 1 aromatic carbocycles. The third kappa shape index (κ3) is 4.65. The number of phenols is 1. The molecular weight excluding hydrogens is 410 g/mol. The van der Waals surface area contributed by atoms with Crippen LogP contribution in [0, 0.1) is 5.92 Å². The second-order valence-electron chi connectivity index (χ2n) is 5.78. The first-order valence-electron chi connectivity index (χ1n) is 7.28. The zero-order chi connectivity index (χ0) is 14.1. The Hall–Kier alpha value is 0.290. The van der Waals surface area contributed by atoms with Crippen LogP contribution in [0.2, 0.25) is 5.02 Å². The highest BCUT2D eigenvalue weighted by Gasteiger charge is 2.32. The Morgan fingerprint density at radius 1 is 1.27 bits per heavy atom. The van der Waals surface area contributed by atoms with E-state index in [-0.39, 0.29) is 24.8 Å². The molecule has 126 valence electrons. The Labute approximate surface area is 157 Å². The standard InChI is InChI=1S/C15H20BrClN2O.2ClH/c16-14-12(17)4-3-11(15(14)20)13(9-10-1-2-10)19-7-5-18-6-8-19;;/h3-4,10,13,18,20H,1-2,5-9H2;2*1H/t13-;;/m1../s1. The minimum atomic E-state index is 0. The first kappa shape index (κ1) is 20.3. The van der Waals surface area contributed by atoms with Crippen LogP contribution in [0.5, 0.6) is 5.75 Å². The molecule has 1 saturated heterocycles. The highest BCUT2D eigenvalue weighted by atomic mass is 79.9. The van der Waals surface area contributed by atoms with Gasteiger partial charge in [-0.1, -0.05) is 30.5 Å². The molecule has 1 aromatic rings. The first-order valence-corrected chi connectivity index (χ1v) is 8.45. The van der Waals surface area contributed by atoms with Gasteiger partial charge >= 0.3 is 0 Å². The summed E-state index contributed by atoms with van der Waals surface area (Å²) in [6, 6.07) is 4.17. The Morgan fingerprint density at radius 3 is 2.50 bits per heavy atom. The number of nitrogens with one attached hydrogen (secondary N) is 1. The fourth-order valence-electron chi connectivity index (χ4n) is 2.96. The zero-order valence-corrected chi connectivity index (χ0v) is 16.2. The molecule has 2 N–H and O–H groups in total. The maximum absolute atomic E-state index is 10.4. The lowest BCUT2D eigenvalue weighted by molar-refractivity contribution is 0.158. The topological polar surface area (TPSA) is 35.5 Å². The molecule has 1 heterocycles. The Balaban J connectivity index is 0.00000121. The number of piperazine rings is 1. The van der Waals surface area contributed by atoms with Gasteiger partial charge < -0.3 is 10.4 Å². The van der Waals surface area contributed by atoms with Gasteiger partial charge in [-0.05, 0) is 34.3 Å². The average molecular weight is 433 g/mol. The number of nitrogens with zero attached hydrogens (tertiary/aromatic N) is 1. The van der Waals surface area contributed by atoms with E-state index in [0.717, 1.165) is 44.1 Å². The van der Waals surface area contributed by atoms with E-state index in [1.807, 2.05) is 12.1 Å². The van der Waals surface area contributed by atoms with Crippen LogP contribution in [0.25, 0.3) is 0 Å². The van der Waals surface area contributed by atoms with Crippen LogP contribution in [0.4, 0.5) is 0 Å². The number of hydrogen-bond acceptors (Lipinski definition) is 3. The molecule has 1 atom stereocenters. The lowest BCUT2D eigenvalue weighted by Crippen LogP contribution is -2.45. The molecule has 22 heavy (non-hydrogen) atoms. The van der Waals surface area contributed by atoms with E-state index in [1.54, 1.807) is 0 Å². The first-order chi connectivity index (χ1) is 9.66. The van der Waals surface area contributed by atoms with Gasteiger partial charge in [0, 0.05) is 37.8 Å².